The van der Waals surface area contributed by atoms with Crippen molar-refractivity contribution < 1.29 is 13.2 Å². The van der Waals surface area contributed by atoms with E-state index < -0.39 is 9.84 Å². The Morgan fingerprint density at radius 1 is 1.17 bits per heavy atom. The second-order valence-electron chi connectivity index (χ2n) is 5.83. The Bertz CT molecular complexity index is 1020. The fraction of sp³-hybridized carbons (Fsp3) is 0.167. The summed E-state index contributed by atoms with van der Waals surface area (Å²) in [5.41, 5.74) is 3.25. The van der Waals surface area contributed by atoms with Crippen molar-refractivity contribution in [3.8, 4) is 0 Å². The summed E-state index contributed by atoms with van der Waals surface area (Å²) in [6.07, 6.45) is 3.25. The van der Waals surface area contributed by atoms with Crippen molar-refractivity contribution in [1.82, 2.24) is 4.98 Å². The summed E-state index contributed by atoms with van der Waals surface area (Å²) in [6, 6.07) is 12.5. The molecule has 3 aromatic rings. The van der Waals surface area contributed by atoms with Crippen LogP contribution >= 0.6 is 0 Å². The summed E-state index contributed by atoms with van der Waals surface area (Å²) >= 11 is 0. The van der Waals surface area contributed by atoms with Gasteiger partial charge in [-0.05, 0) is 42.3 Å². The lowest BCUT2D eigenvalue weighted by Gasteiger charge is -2.09. The van der Waals surface area contributed by atoms with Crippen LogP contribution in [0.25, 0.3) is 10.9 Å². The molecule has 1 aromatic heterocycles. The molecule has 0 fully saturated rings. The molecule has 0 unspecified atom stereocenters. The summed E-state index contributed by atoms with van der Waals surface area (Å²) in [5, 5.41) is 3.87. The number of H-pyrrole nitrogens is 1. The summed E-state index contributed by atoms with van der Waals surface area (Å²) in [7, 11) is -3.25. The number of aryl methyl sites for hydroxylation is 1. The number of aromatic amines is 1. The third-order valence-corrected chi connectivity index (χ3v) is 5.04. The van der Waals surface area contributed by atoms with E-state index in [4.69, 9.17) is 0 Å². The molecule has 3 rings (SSSR count). The van der Waals surface area contributed by atoms with Crippen LogP contribution in [-0.4, -0.2) is 25.6 Å². The molecule has 124 valence electrons. The lowest BCUT2D eigenvalue weighted by molar-refractivity contribution is -0.115. The van der Waals surface area contributed by atoms with Gasteiger partial charge in [0.15, 0.2) is 9.84 Å². The third-order valence-electron chi connectivity index (χ3n) is 3.93. The monoisotopic (exact) mass is 342 g/mol. The lowest BCUT2D eigenvalue weighted by atomic mass is 10.1. The fourth-order valence-corrected chi connectivity index (χ4v) is 3.36. The molecule has 24 heavy (non-hydrogen) atoms. The Labute approximate surface area is 140 Å². The maximum Gasteiger partial charge on any atom is 0.228 e. The number of carbonyl (C=O) groups excluding carboxylic acids is 1. The normalized spacial score (nSPS) is 11.6. The van der Waals surface area contributed by atoms with E-state index in [1.165, 1.54) is 6.07 Å². The van der Waals surface area contributed by atoms with Gasteiger partial charge in [-0.25, -0.2) is 8.42 Å². The van der Waals surface area contributed by atoms with Crippen LogP contribution in [-0.2, 0) is 21.1 Å². The molecule has 6 heteroatoms. The molecule has 2 aromatic carbocycles. The number of hydrogen-bond donors (Lipinski definition) is 2. The first-order chi connectivity index (χ1) is 11.3. The van der Waals surface area contributed by atoms with Crippen molar-refractivity contribution in [3.63, 3.8) is 0 Å². The van der Waals surface area contributed by atoms with Crippen LogP contribution in [0.3, 0.4) is 0 Å². The van der Waals surface area contributed by atoms with E-state index in [2.05, 4.69) is 10.3 Å². The number of sulfone groups is 1. The molecule has 0 bridgehead atoms. The first kappa shape index (κ1) is 16.3. The molecular formula is C18H18N2O3S. The average molecular weight is 342 g/mol. The highest BCUT2D eigenvalue weighted by Crippen LogP contribution is 2.21. The number of nitrogens with one attached hydrogen (secondary N) is 2. The van der Waals surface area contributed by atoms with E-state index in [0.29, 0.717) is 11.3 Å². The summed E-state index contributed by atoms with van der Waals surface area (Å²) < 4.78 is 23.1. The molecule has 0 saturated heterocycles. The zero-order valence-corrected chi connectivity index (χ0v) is 14.3. The standard InChI is InChI=1S/C18H18N2O3S/c1-12-9-14(24(2,22)23)7-8-16(12)20-18(21)10-13-11-19-17-6-4-3-5-15(13)17/h3-9,11,19H,10H2,1-2H3,(H,20,21). The molecule has 0 aliphatic heterocycles. The Morgan fingerprint density at radius 2 is 1.92 bits per heavy atom. The predicted molar refractivity (Wildman–Crippen MR) is 94.9 cm³/mol. The van der Waals surface area contributed by atoms with Crippen LogP contribution in [0.4, 0.5) is 5.69 Å². The quantitative estimate of drug-likeness (QED) is 0.765. The van der Waals surface area contributed by atoms with Gasteiger partial charge < -0.3 is 10.3 Å². The second-order valence-corrected chi connectivity index (χ2v) is 7.85. The van der Waals surface area contributed by atoms with Gasteiger partial charge in [0.1, 0.15) is 0 Å². The maximum atomic E-state index is 12.3. The summed E-state index contributed by atoms with van der Waals surface area (Å²) in [5.74, 6) is -0.144. The number of amides is 1. The van der Waals surface area contributed by atoms with E-state index in [1.54, 1.807) is 19.1 Å². The highest BCUT2D eigenvalue weighted by molar-refractivity contribution is 7.90. The maximum absolute atomic E-state index is 12.3. The minimum atomic E-state index is -3.25. The van der Waals surface area contributed by atoms with E-state index in [-0.39, 0.29) is 17.2 Å². The highest BCUT2D eigenvalue weighted by Gasteiger charge is 2.12. The van der Waals surface area contributed by atoms with Crippen molar-refractivity contribution in [2.45, 2.75) is 18.2 Å². The third kappa shape index (κ3) is 3.33. The van der Waals surface area contributed by atoms with E-state index in [9.17, 15) is 13.2 Å². The molecule has 0 aliphatic carbocycles. The largest absolute Gasteiger partial charge is 0.361 e. The summed E-state index contributed by atoms with van der Waals surface area (Å²) in [4.78, 5) is 15.7. The zero-order chi connectivity index (χ0) is 17.3. The first-order valence-electron chi connectivity index (χ1n) is 7.50. The molecule has 1 heterocycles. The van der Waals surface area contributed by atoms with Crippen LogP contribution in [0.15, 0.2) is 53.6 Å². The van der Waals surface area contributed by atoms with Crippen LogP contribution in [0.1, 0.15) is 11.1 Å². The van der Waals surface area contributed by atoms with E-state index >= 15 is 0 Å². The van der Waals surface area contributed by atoms with Crippen molar-refractivity contribution in [3.05, 3.63) is 59.8 Å². The minimum Gasteiger partial charge on any atom is -0.361 e. The fourth-order valence-electron chi connectivity index (χ4n) is 2.65. The van der Waals surface area contributed by atoms with Crippen LogP contribution in [0.5, 0.6) is 0 Å². The minimum absolute atomic E-state index is 0.144. The number of benzene rings is 2. The second kappa shape index (κ2) is 6.13. The molecule has 0 aliphatic rings. The molecule has 0 saturated carbocycles. The van der Waals surface area contributed by atoms with Crippen molar-refractivity contribution in [2.75, 3.05) is 11.6 Å². The van der Waals surface area contributed by atoms with E-state index in [1.807, 2.05) is 30.5 Å². The summed E-state index contributed by atoms with van der Waals surface area (Å²) in [6.45, 7) is 1.77. The molecular weight excluding hydrogens is 324 g/mol. The Morgan fingerprint density at radius 3 is 2.62 bits per heavy atom. The van der Waals surface area contributed by atoms with Crippen LogP contribution in [0, 0.1) is 6.92 Å². The lowest BCUT2D eigenvalue weighted by Crippen LogP contribution is -2.15. The SMILES string of the molecule is Cc1cc(S(C)(=O)=O)ccc1NC(=O)Cc1c[nH]c2ccccc12. The van der Waals surface area contributed by atoms with Gasteiger partial charge in [-0.3, -0.25) is 4.79 Å². The van der Waals surface area contributed by atoms with Gasteiger partial charge in [-0.15, -0.1) is 0 Å². The smallest absolute Gasteiger partial charge is 0.228 e. The molecule has 5 nitrogen and oxygen atoms in total. The molecule has 0 atom stereocenters. The van der Waals surface area contributed by atoms with Gasteiger partial charge in [0, 0.05) is 29.0 Å². The zero-order valence-electron chi connectivity index (χ0n) is 13.5. The first-order valence-corrected chi connectivity index (χ1v) is 9.39. The van der Waals surface area contributed by atoms with Crippen molar-refractivity contribution in [2.24, 2.45) is 0 Å². The van der Waals surface area contributed by atoms with Gasteiger partial charge in [0.25, 0.3) is 0 Å². The van der Waals surface area contributed by atoms with Gasteiger partial charge >= 0.3 is 0 Å². The van der Waals surface area contributed by atoms with Crippen molar-refractivity contribution >= 4 is 32.3 Å². The molecule has 1 amide bonds. The number of aromatic nitrogens is 1. The number of rotatable bonds is 4. The Balaban J connectivity index is 1.78. The topological polar surface area (TPSA) is 79.0 Å². The number of anilines is 1. The van der Waals surface area contributed by atoms with Gasteiger partial charge in [0.2, 0.25) is 5.91 Å². The van der Waals surface area contributed by atoms with Gasteiger partial charge in [0.05, 0.1) is 11.3 Å². The number of hydrogen-bond acceptors (Lipinski definition) is 3. The highest BCUT2D eigenvalue weighted by atomic mass is 32.2. The van der Waals surface area contributed by atoms with Crippen LogP contribution in [0.2, 0.25) is 0 Å². The number of fused-ring (bicyclic) bond motifs is 1. The molecule has 0 spiro atoms. The van der Waals surface area contributed by atoms with Gasteiger partial charge in [-0.2, -0.15) is 0 Å². The average Bonchev–Trinajstić information content (AvgIpc) is 2.91. The Kier molecular flexibility index (Phi) is 4.15. The molecule has 2 N–H and O–H groups in total. The molecule has 0 radical (unpaired) electrons. The predicted octanol–water partition coefficient (Wildman–Crippen LogP) is 3.06. The number of para-hydroxylation sites is 1. The number of carbonyl (C=O) groups is 1. The Hall–Kier alpha value is -2.60. The van der Waals surface area contributed by atoms with Crippen LogP contribution < -0.4 is 5.32 Å². The van der Waals surface area contributed by atoms with E-state index in [0.717, 1.165) is 22.7 Å². The van der Waals surface area contributed by atoms with Crippen molar-refractivity contribution in [1.29, 1.82) is 0 Å². The van der Waals surface area contributed by atoms with Gasteiger partial charge in [-0.1, -0.05) is 18.2 Å².